The van der Waals surface area contributed by atoms with E-state index in [1.165, 1.54) is 43.3 Å². The van der Waals surface area contributed by atoms with Crippen molar-refractivity contribution in [2.75, 3.05) is 5.32 Å². The molecule has 0 fully saturated rings. The van der Waals surface area contributed by atoms with Crippen LogP contribution in [0.5, 0.6) is 0 Å². The molecule has 5 aromatic rings. The minimum Gasteiger partial charge on any atom is -0.372 e. The van der Waals surface area contributed by atoms with Gasteiger partial charge in [0.15, 0.2) is 0 Å². The van der Waals surface area contributed by atoms with E-state index in [1.54, 1.807) is 6.07 Å². The zero-order valence-corrected chi connectivity index (χ0v) is 22.1. The number of fused-ring (bicyclic) bond motifs is 6. The summed E-state index contributed by atoms with van der Waals surface area (Å²) in [7, 11) is 0. The van der Waals surface area contributed by atoms with Crippen molar-refractivity contribution in [2.45, 2.75) is 31.1 Å². The minimum absolute atomic E-state index is 0.160. The Labute approximate surface area is 241 Å². The number of benzene rings is 4. The molecule has 1 aromatic heterocycles. The summed E-state index contributed by atoms with van der Waals surface area (Å²) >= 11 is 0. The van der Waals surface area contributed by atoms with Crippen molar-refractivity contribution in [1.82, 2.24) is 4.98 Å². The highest BCUT2D eigenvalue weighted by atomic mass is 19.4. The van der Waals surface area contributed by atoms with Gasteiger partial charge in [-0.15, -0.1) is 0 Å². The van der Waals surface area contributed by atoms with E-state index in [0.29, 0.717) is 6.07 Å². The first-order valence-corrected chi connectivity index (χ1v) is 12.8. The summed E-state index contributed by atoms with van der Waals surface area (Å²) in [6.45, 7) is 1.44. The number of nitrogens with one attached hydrogen (secondary N) is 1. The van der Waals surface area contributed by atoms with E-state index in [0.717, 1.165) is 18.2 Å². The van der Waals surface area contributed by atoms with Crippen molar-refractivity contribution in [3.8, 4) is 11.3 Å². The van der Waals surface area contributed by atoms with Gasteiger partial charge in [0.25, 0.3) is 5.78 Å². The molecule has 4 nitrogen and oxygen atoms in total. The Morgan fingerprint density at radius 2 is 1.48 bits per heavy atom. The van der Waals surface area contributed by atoms with E-state index >= 15 is 0 Å². The summed E-state index contributed by atoms with van der Waals surface area (Å²) < 4.78 is 129. The van der Waals surface area contributed by atoms with Crippen molar-refractivity contribution in [2.24, 2.45) is 0 Å². The van der Waals surface area contributed by atoms with Crippen LogP contribution in [-0.4, -0.2) is 28.2 Å². The van der Waals surface area contributed by atoms with Gasteiger partial charge in [0.05, 0.1) is 22.5 Å². The standard InChI is InChI=1S/C31H17F9N2O2/c1-14-7-10-22-20(11-14)28(44,31(38,39)40)21-12-18(27(43)30(35,36)37)24-17(25(21)41-22)9-8-16-19(29(32,33)34)13-23(42-26(16)24)15-5-3-2-4-6-15/h2-13,41,44H,1H3. The highest BCUT2D eigenvalue weighted by Gasteiger charge is 2.60. The van der Waals surface area contributed by atoms with Gasteiger partial charge >= 0.3 is 18.5 Å². The number of aromatic nitrogens is 1. The molecular formula is C31H17F9N2O2. The van der Waals surface area contributed by atoms with Crippen molar-refractivity contribution < 1.29 is 49.4 Å². The van der Waals surface area contributed by atoms with Crippen LogP contribution in [0.1, 0.15) is 32.6 Å². The van der Waals surface area contributed by atoms with E-state index in [9.17, 15) is 49.4 Å². The van der Waals surface area contributed by atoms with Gasteiger partial charge in [-0.1, -0.05) is 60.2 Å². The number of anilines is 2. The van der Waals surface area contributed by atoms with Crippen LogP contribution in [0.15, 0.2) is 72.8 Å². The van der Waals surface area contributed by atoms with Gasteiger partial charge in [-0.25, -0.2) is 4.98 Å². The van der Waals surface area contributed by atoms with Gasteiger partial charge in [0.2, 0.25) is 5.60 Å². The fourth-order valence-electron chi connectivity index (χ4n) is 5.60. The maximum atomic E-state index is 14.7. The van der Waals surface area contributed by atoms with Gasteiger partial charge in [0, 0.05) is 44.1 Å². The molecule has 44 heavy (non-hydrogen) atoms. The maximum absolute atomic E-state index is 14.7. The van der Waals surface area contributed by atoms with E-state index in [1.807, 2.05) is 0 Å². The van der Waals surface area contributed by atoms with Crippen LogP contribution in [0.25, 0.3) is 32.9 Å². The molecule has 6 rings (SSSR count). The van der Waals surface area contributed by atoms with E-state index < -0.39 is 79.5 Å². The SMILES string of the molecule is Cc1ccc2c(c1)C(O)(C(F)(F)F)c1cc(C(=O)C(F)(F)F)c3c(ccc4c(C(F)(F)F)cc(-c5ccccc5)nc43)c1N2. The largest absolute Gasteiger partial charge is 0.454 e. The predicted molar refractivity (Wildman–Crippen MR) is 144 cm³/mol. The van der Waals surface area contributed by atoms with Gasteiger partial charge in [-0.3, -0.25) is 4.79 Å². The smallest absolute Gasteiger partial charge is 0.372 e. The Hall–Kier alpha value is -4.65. The fourth-order valence-corrected chi connectivity index (χ4v) is 5.60. The Balaban J connectivity index is 1.83. The van der Waals surface area contributed by atoms with E-state index in [2.05, 4.69) is 10.3 Å². The van der Waals surface area contributed by atoms with Crippen LogP contribution < -0.4 is 5.32 Å². The van der Waals surface area contributed by atoms with Gasteiger partial charge in [-0.2, -0.15) is 39.5 Å². The lowest BCUT2D eigenvalue weighted by molar-refractivity contribution is -0.248. The Kier molecular flexibility index (Phi) is 6.30. The first kappa shape index (κ1) is 29.4. The second kappa shape index (κ2) is 9.42. The summed E-state index contributed by atoms with van der Waals surface area (Å²) in [6, 6.07) is 13.7. The average Bonchev–Trinajstić information content (AvgIpc) is 2.95. The molecule has 2 N–H and O–H groups in total. The number of aryl methyl sites for hydroxylation is 1. The molecule has 226 valence electrons. The first-order valence-electron chi connectivity index (χ1n) is 12.8. The molecule has 0 radical (unpaired) electrons. The number of aliphatic hydroxyl groups is 1. The highest BCUT2D eigenvalue weighted by molar-refractivity contribution is 6.22. The van der Waals surface area contributed by atoms with Crippen LogP contribution in [0.2, 0.25) is 0 Å². The van der Waals surface area contributed by atoms with Crippen molar-refractivity contribution >= 4 is 38.8 Å². The molecule has 0 spiro atoms. The summed E-state index contributed by atoms with van der Waals surface area (Å²) in [5, 5.41) is 12.1. The second-order valence-corrected chi connectivity index (χ2v) is 10.4. The topological polar surface area (TPSA) is 62.2 Å². The van der Waals surface area contributed by atoms with Crippen LogP contribution in [0.3, 0.4) is 0 Å². The lowest BCUT2D eigenvalue weighted by Gasteiger charge is -2.39. The number of hydrogen-bond acceptors (Lipinski definition) is 4. The van der Waals surface area contributed by atoms with E-state index in [4.69, 9.17) is 0 Å². The first-order chi connectivity index (χ1) is 20.4. The molecule has 0 amide bonds. The molecule has 0 bridgehead atoms. The molecule has 0 saturated carbocycles. The number of halogens is 9. The Morgan fingerprint density at radius 1 is 0.818 bits per heavy atom. The van der Waals surface area contributed by atoms with Crippen LogP contribution in [0, 0.1) is 6.92 Å². The van der Waals surface area contributed by atoms with Gasteiger partial charge in [-0.05, 0) is 25.1 Å². The summed E-state index contributed by atoms with van der Waals surface area (Å²) in [5.41, 5.74) is -9.78. The van der Waals surface area contributed by atoms with E-state index in [-0.39, 0.29) is 28.6 Å². The molecule has 4 aromatic carbocycles. The molecule has 1 atom stereocenters. The summed E-state index contributed by atoms with van der Waals surface area (Å²) in [4.78, 5) is 17.1. The molecule has 0 aliphatic carbocycles. The normalized spacial score (nSPS) is 16.9. The average molecular weight is 620 g/mol. The number of ketones is 1. The Bertz CT molecular complexity index is 2000. The monoisotopic (exact) mass is 620 g/mol. The molecule has 1 aliphatic heterocycles. The molecule has 1 unspecified atom stereocenters. The zero-order valence-electron chi connectivity index (χ0n) is 22.1. The highest BCUT2D eigenvalue weighted by Crippen LogP contribution is 2.55. The third kappa shape index (κ3) is 4.36. The lowest BCUT2D eigenvalue weighted by atomic mass is 9.77. The number of pyridine rings is 1. The van der Waals surface area contributed by atoms with Crippen LogP contribution in [0.4, 0.5) is 50.9 Å². The molecule has 2 heterocycles. The quantitative estimate of drug-likeness (QED) is 0.118. The number of alkyl halides is 9. The third-order valence-electron chi connectivity index (χ3n) is 7.58. The van der Waals surface area contributed by atoms with Crippen molar-refractivity contribution in [1.29, 1.82) is 0 Å². The molecule has 13 heteroatoms. The van der Waals surface area contributed by atoms with Crippen LogP contribution >= 0.6 is 0 Å². The Morgan fingerprint density at radius 3 is 2.09 bits per heavy atom. The predicted octanol–water partition coefficient (Wildman–Crippen LogP) is 8.98. The number of rotatable bonds is 2. The maximum Gasteiger partial charge on any atom is 0.454 e. The zero-order chi connectivity index (χ0) is 32.0. The second-order valence-electron chi connectivity index (χ2n) is 10.4. The van der Waals surface area contributed by atoms with Gasteiger partial charge in [0.1, 0.15) is 0 Å². The fraction of sp³-hybridized carbons (Fsp3) is 0.161. The number of carbonyl (C=O) groups is 1. The van der Waals surface area contributed by atoms with Crippen LogP contribution in [-0.2, 0) is 11.8 Å². The lowest BCUT2D eigenvalue weighted by Crippen LogP contribution is -2.46. The number of hydrogen-bond donors (Lipinski definition) is 2. The summed E-state index contributed by atoms with van der Waals surface area (Å²) in [6.07, 6.45) is -16.2. The third-order valence-corrected chi connectivity index (χ3v) is 7.58. The van der Waals surface area contributed by atoms with Gasteiger partial charge < -0.3 is 10.4 Å². The van der Waals surface area contributed by atoms with Crippen molar-refractivity contribution in [3.05, 3.63) is 101 Å². The summed E-state index contributed by atoms with van der Waals surface area (Å²) in [5.74, 6) is -2.63. The minimum atomic E-state index is -5.65. The van der Waals surface area contributed by atoms with Crippen molar-refractivity contribution in [3.63, 3.8) is 0 Å². The molecule has 1 aliphatic rings. The number of carbonyl (C=O) groups excluding carboxylic acids is 1. The number of Topliss-reactive ketones (excluding diaryl/α,β-unsaturated/α-hetero) is 1. The number of nitrogens with zero attached hydrogens (tertiary/aromatic N) is 1. The molecule has 0 saturated heterocycles. The molecular weight excluding hydrogens is 603 g/mol.